The second-order valence-corrected chi connectivity index (χ2v) is 8.95. The lowest BCUT2D eigenvalue weighted by molar-refractivity contribution is -0.141. The number of hydrogen-bond acceptors (Lipinski definition) is 8. The van der Waals surface area contributed by atoms with Gasteiger partial charge in [-0.25, -0.2) is 9.97 Å². The molecule has 1 aliphatic heterocycles. The van der Waals surface area contributed by atoms with Crippen LogP contribution in [0.15, 0.2) is 30.3 Å². The van der Waals surface area contributed by atoms with E-state index in [9.17, 15) is 23.1 Å². The van der Waals surface area contributed by atoms with Crippen LogP contribution in [0.2, 0.25) is 0 Å². The summed E-state index contributed by atoms with van der Waals surface area (Å²) in [5.41, 5.74) is 0.655. The Labute approximate surface area is 217 Å². The van der Waals surface area contributed by atoms with Gasteiger partial charge < -0.3 is 20.1 Å². The number of aliphatic hydroxyl groups is 1. The first-order valence-electron chi connectivity index (χ1n) is 11.7. The molecule has 2 aromatic heterocycles. The number of aryl methyl sites for hydroxylation is 1. The number of anilines is 2. The van der Waals surface area contributed by atoms with Crippen molar-refractivity contribution in [1.29, 1.82) is 0 Å². The van der Waals surface area contributed by atoms with E-state index in [-0.39, 0.29) is 12.3 Å². The van der Waals surface area contributed by atoms with Crippen molar-refractivity contribution < 1.29 is 32.6 Å². The normalized spacial score (nSPS) is 13.7. The van der Waals surface area contributed by atoms with E-state index in [2.05, 4.69) is 19.9 Å². The summed E-state index contributed by atoms with van der Waals surface area (Å²) in [6.07, 6.45) is -2.79. The average molecular weight is 541 g/mol. The number of hydrogen-bond donors (Lipinski definition) is 2. The predicted octanol–water partition coefficient (Wildman–Crippen LogP) is 5.29. The third kappa shape index (κ3) is 8.12. The van der Waals surface area contributed by atoms with Gasteiger partial charge in [0.15, 0.2) is 5.13 Å². The lowest BCUT2D eigenvalue weighted by Crippen LogP contribution is -2.34. The fourth-order valence-corrected chi connectivity index (χ4v) is 4.59. The number of nitrogens with one attached hydrogen (secondary N) is 1. The lowest BCUT2D eigenvalue weighted by atomic mass is 9.98. The van der Waals surface area contributed by atoms with E-state index in [0.717, 1.165) is 59.0 Å². The molecule has 1 amide bonds. The van der Waals surface area contributed by atoms with Crippen molar-refractivity contribution >= 4 is 44.8 Å². The molecule has 3 heterocycles. The molecule has 0 saturated carbocycles. The Morgan fingerprint density at radius 3 is 2.46 bits per heavy atom. The van der Waals surface area contributed by atoms with Crippen molar-refractivity contribution in [3.63, 3.8) is 0 Å². The Balaban J connectivity index is 0.000000733. The van der Waals surface area contributed by atoms with Crippen LogP contribution in [0, 0.1) is 12.8 Å². The zero-order valence-electron chi connectivity index (χ0n) is 21.1. The number of ether oxygens (including phenoxy) is 1. The quantitative estimate of drug-likeness (QED) is 0.424. The number of methoxy groups -OCH3 is 1. The van der Waals surface area contributed by atoms with Crippen LogP contribution in [-0.4, -0.2) is 54.3 Å². The highest BCUT2D eigenvalue weighted by atomic mass is 32.1. The highest BCUT2D eigenvalue weighted by Gasteiger charge is 2.33. The number of alkyl halides is 3. The maximum Gasteiger partial charge on any atom is 0.433 e. The van der Waals surface area contributed by atoms with Crippen LogP contribution in [0.4, 0.5) is 24.0 Å². The first-order valence-corrected chi connectivity index (χ1v) is 12.6. The molecule has 1 aromatic carbocycles. The molecule has 0 atom stereocenters. The zero-order chi connectivity index (χ0) is 27.6. The second kappa shape index (κ2) is 13.9. The van der Waals surface area contributed by atoms with E-state index < -0.39 is 17.8 Å². The van der Waals surface area contributed by atoms with Crippen LogP contribution in [-0.2, 0) is 15.7 Å². The molecule has 0 unspecified atom stereocenters. The largest absolute Gasteiger partial charge is 0.471 e. The fourth-order valence-electron chi connectivity index (χ4n) is 3.55. The Morgan fingerprint density at radius 2 is 1.89 bits per heavy atom. The summed E-state index contributed by atoms with van der Waals surface area (Å²) < 4.78 is 43.4. The number of nitrogens with zero attached hydrogens (tertiary/aromatic N) is 3. The van der Waals surface area contributed by atoms with Crippen molar-refractivity contribution in [3.05, 3.63) is 47.3 Å². The summed E-state index contributed by atoms with van der Waals surface area (Å²) >= 11 is 1.50. The Kier molecular flexibility index (Phi) is 11.3. The average Bonchev–Trinajstić information content (AvgIpc) is 3.32. The number of thiazole rings is 1. The molecule has 0 radical (unpaired) electrons. The second-order valence-electron chi connectivity index (χ2n) is 7.94. The van der Waals surface area contributed by atoms with Gasteiger partial charge in [-0.3, -0.25) is 9.59 Å². The summed E-state index contributed by atoms with van der Waals surface area (Å²) in [5, 5.41) is 12.9. The molecular weight excluding hydrogens is 509 g/mol. The number of aromatic nitrogens is 2. The SMILES string of the molecule is CC.COC=O.Cc1cc2nc(N3CCC(CO)CC3)sc2cc1NC(=O)c1cccc(C(F)(F)F)n1. The number of rotatable bonds is 5. The highest BCUT2D eigenvalue weighted by Crippen LogP contribution is 2.34. The molecule has 1 saturated heterocycles. The Hall–Kier alpha value is -3.25. The first kappa shape index (κ1) is 30.0. The van der Waals surface area contributed by atoms with Gasteiger partial charge in [0.25, 0.3) is 12.4 Å². The number of pyridine rings is 1. The molecule has 1 aliphatic rings. The van der Waals surface area contributed by atoms with E-state index >= 15 is 0 Å². The topological polar surface area (TPSA) is 105 Å². The molecular formula is C25H31F3N4O4S. The molecule has 1 fully saturated rings. The third-order valence-electron chi connectivity index (χ3n) is 5.48. The summed E-state index contributed by atoms with van der Waals surface area (Å²) in [7, 11) is 1.31. The van der Waals surface area contributed by atoms with Crippen LogP contribution in [0.1, 0.15) is 48.4 Å². The number of carbonyl (C=O) groups is 2. The van der Waals surface area contributed by atoms with E-state index in [1.807, 2.05) is 19.9 Å². The minimum Gasteiger partial charge on any atom is -0.471 e. The van der Waals surface area contributed by atoms with Crippen LogP contribution < -0.4 is 10.2 Å². The number of benzene rings is 1. The number of amides is 1. The molecule has 0 spiro atoms. The third-order valence-corrected chi connectivity index (χ3v) is 6.56. The van der Waals surface area contributed by atoms with Gasteiger partial charge in [0.2, 0.25) is 0 Å². The monoisotopic (exact) mass is 540 g/mol. The van der Waals surface area contributed by atoms with Crippen LogP contribution in [0.3, 0.4) is 0 Å². The van der Waals surface area contributed by atoms with Gasteiger partial charge >= 0.3 is 6.18 Å². The summed E-state index contributed by atoms with van der Waals surface area (Å²) in [5.74, 6) is -0.372. The van der Waals surface area contributed by atoms with Crippen molar-refractivity contribution in [1.82, 2.24) is 9.97 Å². The molecule has 12 heteroatoms. The molecule has 202 valence electrons. The van der Waals surface area contributed by atoms with E-state index in [1.165, 1.54) is 24.5 Å². The van der Waals surface area contributed by atoms with Crippen molar-refractivity contribution in [2.45, 2.75) is 39.8 Å². The van der Waals surface area contributed by atoms with Crippen molar-refractivity contribution in [2.75, 3.05) is 37.0 Å². The molecule has 4 rings (SSSR count). The minimum atomic E-state index is -4.62. The molecule has 0 bridgehead atoms. The van der Waals surface area contributed by atoms with Gasteiger partial charge in [-0.15, -0.1) is 0 Å². The lowest BCUT2D eigenvalue weighted by Gasteiger charge is -2.30. The highest BCUT2D eigenvalue weighted by molar-refractivity contribution is 7.22. The van der Waals surface area contributed by atoms with Gasteiger partial charge in [0, 0.05) is 25.4 Å². The summed E-state index contributed by atoms with van der Waals surface area (Å²) in [6.45, 7) is 8.04. The molecule has 8 nitrogen and oxygen atoms in total. The molecule has 37 heavy (non-hydrogen) atoms. The Bertz CT molecular complexity index is 1180. The molecule has 2 N–H and O–H groups in total. The van der Waals surface area contributed by atoms with Gasteiger partial charge in [-0.05, 0) is 55.5 Å². The smallest absolute Gasteiger partial charge is 0.433 e. The number of carbonyl (C=O) groups excluding carboxylic acids is 2. The van der Waals surface area contributed by atoms with Crippen LogP contribution >= 0.6 is 11.3 Å². The maximum absolute atomic E-state index is 12.9. The summed E-state index contributed by atoms with van der Waals surface area (Å²) in [6, 6.07) is 6.88. The summed E-state index contributed by atoms with van der Waals surface area (Å²) in [4.78, 5) is 31.8. The van der Waals surface area contributed by atoms with Crippen LogP contribution in [0.5, 0.6) is 0 Å². The molecule has 3 aromatic rings. The van der Waals surface area contributed by atoms with Gasteiger partial charge in [0.1, 0.15) is 11.4 Å². The Morgan fingerprint density at radius 1 is 1.24 bits per heavy atom. The number of halogens is 3. The maximum atomic E-state index is 12.9. The number of fused-ring (bicyclic) bond motifs is 1. The zero-order valence-corrected chi connectivity index (χ0v) is 21.9. The van der Waals surface area contributed by atoms with Gasteiger partial charge in [-0.1, -0.05) is 31.3 Å². The first-order chi connectivity index (χ1) is 17.7. The minimum absolute atomic E-state index is 0.205. The number of aliphatic hydroxyl groups excluding tert-OH is 1. The van der Waals surface area contributed by atoms with E-state index in [0.29, 0.717) is 18.1 Å². The number of piperidine rings is 1. The van der Waals surface area contributed by atoms with Gasteiger partial charge in [0.05, 0.1) is 17.3 Å². The fraction of sp³-hybridized carbons (Fsp3) is 0.440. The van der Waals surface area contributed by atoms with Crippen molar-refractivity contribution in [2.24, 2.45) is 5.92 Å². The van der Waals surface area contributed by atoms with E-state index in [1.54, 1.807) is 13.0 Å². The molecule has 0 aliphatic carbocycles. The van der Waals surface area contributed by atoms with Crippen LogP contribution in [0.25, 0.3) is 10.2 Å². The van der Waals surface area contributed by atoms with Crippen molar-refractivity contribution in [3.8, 4) is 0 Å². The van der Waals surface area contributed by atoms with E-state index in [4.69, 9.17) is 9.78 Å². The van der Waals surface area contributed by atoms with Gasteiger partial charge in [-0.2, -0.15) is 13.2 Å². The predicted molar refractivity (Wildman–Crippen MR) is 138 cm³/mol. The standard InChI is InChI=1S/C21H21F3N4O2S.C2H4O2.C2H6/c1-12-9-16-17(31-20(27-16)28-7-5-13(11-29)6-8-28)10-15(12)26-19(30)14-3-2-4-18(25-14)21(22,23)24;1-4-2-3;1-2/h2-4,9-10,13,29H,5-8,11H2,1H3,(H,26,30);2H,1H3;1-2H3.